The van der Waals surface area contributed by atoms with Gasteiger partial charge in [-0.15, -0.1) is 0 Å². The van der Waals surface area contributed by atoms with Crippen molar-refractivity contribution in [2.75, 3.05) is 26.4 Å². The number of aromatic nitrogens is 2. The molecule has 0 atom stereocenters. The molecule has 0 aliphatic rings. The maximum Gasteiger partial charge on any atom is 0.0733 e. The third-order valence-electron chi connectivity index (χ3n) is 2.70. The first kappa shape index (κ1) is 13.0. The first-order valence-electron chi connectivity index (χ1n) is 5.95. The molecule has 0 aliphatic heterocycles. The molecule has 0 saturated carbocycles. The largest absolute Gasteiger partial charge is 0.396 e. The lowest BCUT2D eigenvalue weighted by molar-refractivity contribution is 0.368. The molecule has 0 amide bonds. The van der Waals surface area contributed by atoms with Gasteiger partial charge in [-0.3, -0.25) is 4.68 Å². The lowest BCUT2D eigenvalue weighted by Gasteiger charge is -2.13. The highest BCUT2D eigenvalue weighted by atomic mass is 15.3. The fourth-order valence-corrected chi connectivity index (χ4v) is 1.61. The van der Waals surface area contributed by atoms with Crippen molar-refractivity contribution in [2.24, 2.45) is 5.92 Å². The van der Waals surface area contributed by atoms with Crippen molar-refractivity contribution in [2.45, 2.75) is 33.2 Å². The molecule has 0 radical (unpaired) electrons. The Labute approximate surface area is 98.4 Å². The zero-order chi connectivity index (χ0) is 12.1. The molecule has 0 aliphatic carbocycles. The van der Waals surface area contributed by atoms with Crippen LogP contribution in [0.25, 0.3) is 0 Å². The highest BCUT2D eigenvalue weighted by Gasteiger charge is 2.09. The lowest BCUT2D eigenvalue weighted by Crippen LogP contribution is -2.20. The van der Waals surface area contributed by atoms with Crippen molar-refractivity contribution in [1.82, 2.24) is 14.7 Å². The Morgan fingerprint density at radius 3 is 2.69 bits per heavy atom. The summed E-state index contributed by atoms with van der Waals surface area (Å²) in [5.41, 5.74) is 7.96. The topological polar surface area (TPSA) is 47.1 Å². The molecule has 0 saturated heterocycles. The molecular weight excluding hydrogens is 200 g/mol. The molecule has 1 aromatic rings. The summed E-state index contributed by atoms with van der Waals surface area (Å²) in [6.07, 6.45) is 3.96. The van der Waals surface area contributed by atoms with Crippen LogP contribution in [0.2, 0.25) is 0 Å². The van der Waals surface area contributed by atoms with Gasteiger partial charge in [0.2, 0.25) is 0 Å². The predicted molar refractivity (Wildman–Crippen MR) is 68.4 cm³/mol. The molecule has 4 nitrogen and oxygen atoms in total. The summed E-state index contributed by atoms with van der Waals surface area (Å²) in [5, 5.41) is 4.33. The van der Waals surface area contributed by atoms with E-state index in [0.717, 1.165) is 31.6 Å². The van der Waals surface area contributed by atoms with Crippen LogP contribution in [0.5, 0.6) is 0 Å². The summed E-state index contributed by atoms with van der Waals surface area (Å²) in [4.78, 5) is 2.16. The summed E-state index contributed by atoms with van der Waals surface area (Å²) >= 11 is 0. The van der Waals surface area contributed by atoms with E-state index in [-0.39, 0.29) is 0 Å². The van der Waals surface area contributed by atoms with Gasteiger partial charge in [0.15, 0.2) is 0 Å². The van der Waals surface area contributed by atoms with Crippen LogP contribution in [0.4, 0.5) is 5.69 Å². The van der Waals surface area contributed by atoms with Crippen LogP contribution in [0.1, 0.15) is 26.0 Å². The van der Waals surface area contributed by atoms with Gasteiger partial charge in [0.25, 0.3) is 0 Å². The molecule has 0 unspecified atom stereocenters. The Kier molecular flexibility index (Phi) is 4.80. The van der Waals surface area contributed by atoms with Gasteiger partial charge in [0.1, 0.15) is 0 Å². The van der Waals surface area contributed by atoms with Crippen molar-refractivity contribution in [3.63, 3.8) is 0 Å². The molecule has 4 heteroatoms. The standard InChI is InChI=1S/C12H24N4/c1-10(2)5-6-12-11(13)9-14-16(12)8-7-15(3)4/h9-10H,5-8,13H2,1-4H3. The number of anilines is 1. The molecule has 16 heavy (non-hydrogen) atoms. The number of rotatable bonds is 6. The van der Waals surface area contributed by atoms with Gasteiger partial charge in [-0.25, -0.2) is 0 Å². The highest BCUT2D eigenvalue weighted by molar-refractivity contribution is 5.40. The molecule has 0 aromatic carbocycles. The molecule has 92 valence electrons. The van der Waals surface area contributed by atoms with E-state index in [1.54, 1.807) is 6.20 Å². The van der Waals surface area contributed by atoms with Crippen LogP contribution in [0.15, 0.2) is 6.20 Å². The van der Waals surface area contributed by atoms with Crippen LogP contribution in [0.3, 0.4) is 0 Å². The quantitative estimate of drug-likeness (QED) is 0.798. The molecule has 0 spiro atoms. The Bertz CT molecular complexity index is 315. The zero-order valence-corrected chi connectivity index (χ0v) is 10.9. The van der Waals surface area contributed by atoms with Crippen molar-refractivity contribution in [1.29, 1.82) is 0 Å². The molecule has 0 bridgehead atoms. The Balaban J connectivity index is 2.62. The molecule has 2 N–H and O–H groups in total. The minimum Gasteiger partial charge on any atom is -0.396 e. The molecule has 1 heterocycles. The summed E-state index contributed by atoms with van der Waals surface area (Å²) in [5.74, 6) is 0.705. The third-order valence-corrected chi connectivity index (χ3v) is 2.70. The fourth-order valence-electron chi connectivity index (χ4n) is 1.61. The molecule has 1 rings (SSSR count). The Morgan fingerprint density at radius 2 is 2.12 bits per heavy atom. The van der Waals surface area contributed by atoms with Crippen LogP contribution >= 0.6 is 0 Å². The number of hydrogen-bond acceptors (Lipinski definition) is 3. The fraction of sp³-hybridized carbons (Fsp3) is 0.750. The first-order valence-corrected chi connectivity index (χ1v) is 5.95. The Hall–Kier alpha value is -1.03. The molecule has 0 fully saturated rings. The maximum absolute atomic E-state index is 5.94. The number of nitrogen functional groups attached to an aromatic ring is 1. The number of nitrogens with two attached hydrogens (primary N) is 1. The number of nitrogens with zero attached hydrogens (tertiary/aromatic N) is 3. The van der Waals surface area contributed by atoms with Crippen LogP contribution in [0, 0.1) is 5.92 Å². The average molecular weight is 224 g/mol. The van der Waals surface area contributed by atoms with E-state index in [1.807, 2.05) is 4.68 Å². The highest BCUT2D eigenvalue weighted by Crippen LogP contribution is 2.15. The van der Waals surface area contributed by atoms with Gasteiger partial charge in [0.05, 0.1) is 24.1 Å². The second-order valence-electron chi connectivity index (χ2n) is 5.01. The second-order valence-corrected chi connectivity index (χ2v) is 5.01. The van der Waals surface area contributed by atoms with Crippen LogP contribution in [-0.4, -0.2) is 35.3 Å². The smallest absolute Gasteiger partial charge is 0.0733 e. The van der Waals surface area contributed by atoms with Crippen molar-refractivity contribution in [3.8, 4) is 0 Å². The van der Waals surface area contributed by atoms with Gasteiger partial charge in [-0.1, -0.05) is 13.8 Å². The average Bonchev–Trinajstić information content (AvgIpc) is 2.53. The SMILES string of the molecule is CC(C)CCc1c(N)cnn1CCN(C)C. The maximum atomic E-state index is 5.94. The van der Waals surface area contributed by atoms with E-state index in [9.17, 15) is 0 Å². The van der Waals surface area contributed by atoms with Gasteiger partial charge in [0, 0.05) is 6.54 Å². The van der Waals surface area contributed by atoms with Crippen molar-refractivity contribution < 1.29 is 0 Å². The Morgan fingerprint density at radius 1 is 1.44 bits per heavy atom. The van der Waals surface area contributed by atoms with Crippen LogP contribution in [-0.2, 0) is 13.0 Å². The third kappa shape index (κ3) is 3.85. The van der Waals surface area contributed by atoms with E-state index >= 15 is 0 Å². The van der Waals surface area contributed by atoms with Crippen molar-refractivity contribution >= 4 is 5.69 Å². The minimum atomic E-state index is 0.705. The lowest BCUT2D eigenvalue weighted by atomic mass is 10.1. The second kappa shape index (κ2) is 5.89. The molecule has 1 aromatic heterocycles. The van der Waals surface area contributed by atoms with E-state index < -0.39 is 0 Å². The first-order chi connectivity index (χ1) is 7.50. The van der Waals surface area contributed by atoms with E-state index in [2.05, 4.69) is 37.9 Å². The van der Waals surface area contributed by atoms with Crippen molar-refractivity contribution in [3.05, 3.63) is 11.9 Å². The number of likely N-dealkylation sites (N-methyl/N-ethyl adjacent to an activating group) is 1. The van der Waals surface area contributed by atoms with E-state index in [0.29, 0.717) is 5.92 Å². The van der Waals surface area contributed by atoms with Gasteiger partial charge < -0.3 is 10.6 Å². The molecular formula is C12H24N4. The minimum absolute atomic E-state index is 0.705. The summed E-state index contributed by atoms with van der Waals surface area (Å²) < 4.78 is 2.04. The summed E-state index contributed by atoms with van der Waals surface area (Å²) in [7, 11) is 4.14. The van der Waals surface area contributed by atoms with Gasteiger partial charge in [-0.2, -0.15) is 5.10 Å². The normalized spacial score (nSPS) is 11.6. The van der Waals surface area contributed by atoms with Crippen LogP contribution < -0.4 is 5.73 Å². The predicted octanol–water partition coefficient (Wildman–Crippen LogP) is 1.62. The van der Waals surface area contributed by atoms with Gasteiger partial charge in [-0.05, 0) is 32.9 Å². The summed E-state index contributed by atoms with van der Waals surface area (Å²) in [6.45, 7) is 6.38. The summed E-state index contributed by atoms with van der Waals surface area (Å²) in [6, 6.07) is 0. The van der Waals surface area contributed by atoms with E-state index in [4.69, 9.17) is 5.73 Å². The number of hydrogen-bond donors (Lipinski definition) is 1. The van der Waals surface area contributed by atoms with Gasteiger partial charge >= 0.3 is 0 Å². The van der Waals surface area contributed by atoms with E-state index in [1.165, 1.54) is 5.69 Å². The monoisotopic (exact) mass is 224 g/mol. The zero-order valence-electron chi connectivity index (χ0n) is 10.9.